The first-order valence-electron chi connectivity index (χ1n) is 3.97. The molecule has 0 aliphatic carbocycles. The van der Waals surface area contributed by atoms with Gasteiger partial charge in [0.15, 0.2) is 0 Å². The third kappa shape index (κ3) is 4.13. The quantitative estimate of drug-likeness (QED) is 0.471. The van der Waals surface area contributed by atoms with Crippen molar-refractivity contribution in [3.63, 3.8) is 0 Å². The summed E-state index contributed by atoms with van der Waals surface area (Å²) in [6.07, 6.45) is -3.50. The van der Waals surface area contributed by atoms with Gasteiger partial charge in [-0.3, -0.25) is 0 Å². The predicted molar refractivity (Wildman–Crippen MR) is 48.3 cm³/mol. The average Bonchev–Trinajstić information content (AvgIpc) is 1.95. The lowest BCUT2D eigenvalue weighted by molar-refractivity contribution is -0.0896. The Morgan fingerprint density at radius 3 is 1.93 bits per heavy atom. The number of halogens is 3. The van der Waals surface area contributed by atoms with Gasteiger partial charge in [0.2, 0.25) is 0 Å². The molecule has 0 spiro atoms. The molecule has 0 rings (SSSR count). The fraction of sp³-hybridized carbons (Fsp3) is 0.500. The molecule has 0 atom stereocenters. The SMILES string of the molecule is C=C(C#N)/C(=C\C(C)(C)C)C(F)(F)F. The van der Waals surface area contributed by atoms with Crippen molar-refractivity contribution in [1.82, 2.24) is 0 Å². The molecule has 4 heteroatoms. The lowest BCUT2D eigenvalue weighted by Gasteiger charge is -2.17. The Labute approximate surface area is 81.5 Å². The largest absolute Gasteiger partial charge is 0.417 e. The second kappa shape index (κ2) is 3.87. The average molecular weight is 203 g/mol. The number of hydrogen-bond acceptors (Lipinski definition) is 1. The van der Waals surface area contributed by atoms with Crippen LogP contribution in [0.5, 0.6) is 0 Å². The number of rotatable bonds is 1. The van der Waals surface area contributed by atoms with Crippen LogP contribution in [0.2, 0.25) is 0 Å². The van der Waals surface area contributed by atoms with Crippen molar-refractivity contribution in [2.24, 2.45) is 5.41 Å². The molecule has 0 saturated heterocycles. The minimum absolute atomic E-state index is 0.549. The summed E-state index contributed by atoms with van der Waals surface area (Å²) in [7, 11) is 0. The second-order valence-electron chi connectivity index (χ2n) is 4.01. The summed E-state index contributed by atoms with van der Waals surface area (Å²) in [5, 5.41) is 8.37. The zero-order chi connectivity index (χ0) is 11.6. The molecule has 1 nitrogen and oxygen atoms in total. The standard InChI is InChI=1S/C10H12F3N/c1-7(6-14)8(10(11,12)13)5-9(2,3)4/h5H,1H2,2-4H3/b8-5+. The summed E-state index contributed by atoms with van der Waals surface area (Å²) < 4.78 is 37.2. The number of nitriles is 1. The monoisotopic (exact) mass is 203 g/mol. The summed E-state index contributed by atoms with van der Waals surface area (Å²) in [5.41, 5.74) is -2.13. The van der Waals surface area contributed by atoms with Crippen molar-refractivity contribution in [3.8, 4) is 6.07 Å². The zero-order valence-electron chi connectivity index (χ0n) is 8.37. The molecule has 0 aromatic rings. The van der Waals surface area contributed by atoms with Gasteiger partial charge in [0, 0.05) is 0 Å². The molecule has 0 saturated carbocycles. The normalized spacial score (nSPS) is 13.6. The molecule has 78 valence electrons. The molecule has 0 amide bonds. The first-order chi connectivity index (χ1) is 6.08. The molecule has 0 aliphatic heterocycles. The lowest BCUT2D eigenvalue weighted by atomic mass is 9.91. The maximum Gasteiger partial charge on any atom is 0.417 e. The van der Waals surface area contributed by atoms with Gasteiger partial charge < -0.3 is 0 Å². The molecule has 0 aromatic carbocycles. The van der Waals surface area contributed by atoms with Crippen molar-refractivity contribution in [1.29, 1.82) is 5.26 Å². The van der Waals surface area contributed by atoms with E-state index in [0.29, 0.717) is 0 Å². The highest BCUT2D eigenvalue weighted by Crippen LogP contribution is 2.33. The van der Waals surface area contributed by atoms with Gasteiger partial charge in [-0.15, -0.1) is 0 Å². The van der Waals surface area contributed by atoms with E-state index in [2.05, 4.69) is 6.58 Å². The fourth-order valence-electron chi connectivity index (χ4n) is 0.833. The molecule has 0 aliphatic rings. The Bertz CT molecular complexity index is 297. The molecule has 0 heterocycles. The van der Waals surface area contributed by atoms with Gasteiger partial charge in [0.1, 0.15) is 0 Å². The van der Waals surface area contributed by atoms with Crippen LogP contribution in [0.25, 0.3) is 0 Å². The van der Waals surface area contributed by atoms with Gasteiger partial charge in [-0.2, -0.15) is 18.4 Å². The summed E-state index contributed by atoms with van der Waals surface area (Å²) in [5.74, 6) is 0. The van der Waals surface area contributed by atoms with E-state index in [-0.39, 0.29) is 0 Å². The first-order valence-corrected chi connectivity index (χ1v) is 3.97. The van der Waals surface area contributed by atoms with Gasteiger partial charge in [-0.25, -0.2) is 0 Å². The summed E-state index contributed by atoms with van der Waals surface area (Å²) >= 11 is 0. The zero-order valence-corrected chi connectivity index (χ0v) is 8.37. The highest BCUT2D eigenvalue weighted by atomic mass is 19.4. The molecular weight excluding hydrogens is 191 g/mol. The van der Waals surface area contributed by atoms with E-state index in [0.717, 1.165) is 6.08 Å². The van der Waals surface area contributed by atoms with Gasteiger partial charge in [0.05, 0.1) is 17.2 Å². The van der Waals surface area contributed by atoms with Crippen LogP contribution < -0.4 is 0 Å². The highest BCUT2D eigenvalue weighted by Gasteiger charge is 2.36. The van der Waals surface area contributed by atoms with Crippen molar-refractivity contribution >= 4 is 0 Å². The van der Waals surface area contributed by atoms with Gasteiger partial charge in [-0.1, -0.05) is 33.4 Å². The van der Waals surface area contributed by atoms with E-state index in [1.165, 1.54) is 6.07 Å². The van der Waals surface area contributed by atoms with Gasteiger partial charge in [0.25, 0.3) is 0 Å². The van der Waals surface area contributed by atoms with E-state index >= 15 is 0 Å². The maximum atomic E-state index is 12.4. The van der Waals surface area contributed by atoms with E-state index in [9.17, 15) is 13.2 Å². The molecular formula is C10H12F3N. The predicted octanol–water partition coefficient (Wildman–Crippen LogP) is 3.60. The minimum atomic E-state index is -4.51. The first kappa shape index (κ1) is 12.8. The van der Waals surface area contributed by atoms with Crippen molar-refractivity contribution in [2.45, 2.75) is 26.9 Å². The van der Waals surface area contributed by atoms with E-state index in [1.807, 2.05) is 0 Å². The maximum absolute atomic E-state index is 12.4. The second-order valence-corrected chi connectivity index (χ2v) is 4.01. The van der Waals surface area contributed by atoms with Crippen LogP contribution in [0.15, 0.2) is 23.8 Å². The molecule has 0 radical (unpaired) electrons. The number of hydrogen-bond donors (Lipinski definition) is 0. The minimum Gasteiger partial charge on any atom is -0.192 e. The topological polar surface area (TPSA) is 23.8 Å². The molecule has 0 fully saturated rings. The van der Waals surface area contributed by atoms with Crippen molar-refractivity contribution in [2.75, 3.05) is 0 Å². The Balaban J connectivity index is 5.27. The third-order valence-corrected chi connectivity index (χ3v) is 1.34. The smallest absolute Gasteiger partial charge is 0.192 e. The van der Waals surface area contributed by atoms with Crippen LogP contribution in [0.1, 0.15) is 20.8 Å². The molecule has 0 unspecified atom stereocenters. The summed E-state index contributed by atoms with van der Waals surface area (Å²) in [4.78, 5) is 0. The molecule has 0 bridgehead atoms. The Hall–Kier alpha value is -1.24. The molecule has 0 aromatic heterocycles. The van der Waals surface area contributed by atoms with Gasteiger partial charge in [-0.05, 0) is 5.41 Å². The van der Waals surface area contributed by atoms with Crippen LogP contribution in [-0.4, -0.2) is 6.18 Å². The van der Waals surface area contributed by atoms with Crippen molar-refractivity contribution < 1.29 is 13.2 Å². The van der Waals surface area contributed by atoms with Crippen LogP contribution in [0, 0.1) is 16.7 Å². The van der Waals surface area contributed by atoms with Crippen LogP contribution in [-0.2, 0) is 0 Å². The summed E-state index contributed by atoms with van der Waals surface area (Å²) in [6.45, 7) is 7.96. The number of alkyl halides is 3. The van der Waals surface area contributed by atoms with Crippen LogP contribution in [0.4, 0.5) is 13.2 Å². The van der Waals surface area contributed by atoms with E-state index < -0.39 is 22.7 Å². The Morgan fingerprint density at radius 1 is 1.29 bits per heavy atom. The molecule has 0 N–H and O–H groups in total. The number of allylic oxidation sites excluding steroid dienone is 3. The van der Waals surface area contributed by atoms with E-state index in [1.54, 1.807) is 20.8 Å². The Morgan fingerprint density at radius 2 is 1.71 bits per heavy atom. The van der Waals surface area contributed by atoms with Crippen LogP contribution in [0.3, 0.4) is 0 Å². The van der Waals surface area contributed by atoms with Crippen molar-refractivity contribution in [3.05, 3.63) is 23.8 Å². The number of nitrogens with zero attached hydrogens (tertiary/aromatic N) is 1. The molecule has 14 heavy (non-hydrogen) atoms. The Kier molecular flexibility index (Phi) is 3.53. The third-order valence-electron chi connectivity index (χ3n) is 1.34. The van der Waals surface area contributed by atoms with Gasteiger partial charge >= 0.3 is 6.18 Å². The highest BCUT2D eigenvalue weighted by molar-refractivity contribution is 5.43. The fourth-order valence-corrected chi connectivity index (χ4v) is 0.833. The lowest BCUT2D eigenvalue weighted by Crippen LogP contribution is -2.16. The van der Waals surface area contributed by atoms with E-state index in [4.69, 9.17) is 5.26 Å². The summed E-state index contributed by atoms with van der Waals surface area (Å²) in [6, 6.07) is 1.41. The van der Waals surface area contributed by atoms with Crippen LogP contribution >= 0.6 is 0 Å².